The first kappa shape index (κ1) is 13.3. The molecule has 0 spiro atoms. The highest BCUT2D eigenvalue weighted by Crippen LogP contribution is 2.32. The largest absolute Gasteiger partial charge is 0.0616 e. The monoisotopic (exact) mass is 304 g/mol. The van der Waals surface area contributed by atoms with Crippen molar-refractivity contribution in [3.63, 3.8) is 0 Å². The number of hydrogen-bond donors (Lipinski definition) is 0. The molecule has 0 heterocycles. The Morgan fingerprint density at radius 1 is 0.375 bits per heavy atom. The Kier molecular flexibility index (Phi) is 2.89. The fraction of sp³-hybridized carbons (Fsp3) is 0. The van der Waals surface area contributed by atoms with Crippen LogP contribution in [0.15, 0.2) is 97.1 Å². The van der Waals surface area contributed by atoms with Crippen LogP contribution in [0.4, 0.5) is 0 Å². The maximum Gasteiger partial charge on any atom is -0.0105 e. The minimum absolute atomic E-state index is 1.27. The van der Waals surface area contributed by atoms with Crippen LogP contribution in [-0.4, -0.2) is 0 Å². The second kappa shape index (κ2) is 5.21. The van der Waals surface area contributed by atoms with E-state index >= 15 is 0 Å². The fourth-order valence-corrected chi connectivity index (χ4v) is 3.58. The number of fused-ring (bicyclic) bond motifs is 3. The van der Waals surface area contributed by atoms with E-state index in [-0.39, 0.29) is 0 Å². The zero-order valence-electron chi connectivity index (χ0n) is 13.2. The molecule has 5 aromatic carbocycles. The third kappa shape index (κ3) is 2.08. The Hall–Kier alpha value is -3.12. The van der Waals surface area contributed by atoms with Gasteiger partial charge in [0.25, 0.3) is 0 Å². The molecule has 0 atom stereocenters. The third-order valence-corrected chi connectivity index (χ3v) is 4.81. The van der Waals surface area contributed by atoms with Crippen molar-refractivity contribution in [3.8, 4) is 11.1 Å². The molecule has 112 valence electrons. The van der Waals surface area contributed by atoms with Gasteiger partial charge in [-0.05, 0) is 61.6 Å². The first-order chi connectivity index (χ1) is 11.9. The molecule has 0 N–H and O–H groups in total. The lowest BCUT2D eigenvalue weighted by atomic mass is 9.95. The highest BCUT2D eigenvalue weighted by Gasteiger charge is 2.05. The summed E-state index contributed by atoms with van der Waals surface area (Å²) in [6.45, 7) is 0. The molecule has 0 amide bonds. The highest BCUT2D eigenvalue weighted by atomic mass is 14.1. The predicted molar refractivity (Wildman–Crippen MR) is 104 cm³/mol. The van der Waals surface area contributed by atoms with Gasteiger partial charge in [0.05, 0.1) is 0 Å². The normalized spacial score (nSPS) is 11.3. The van der Waals surface area contributed by atoms with Gasteiger partial charge in [-0.2, -0.15) is 0 Å². The summed E-state index contributed by atoms with van der Waals surface area (Å²) in [6.07, 6.45) is 0. The van der Waals surface area contributed by atoms with Gasteiger partial charge in [0.2, 0.25) is 0 Å². The Bertz CT molecular complexity index is 1190. The van der Waals surface area contributed by atoms with Crippen LogP contribution >= 0.6 is 0 Å². The molecule has 0 saturated carbocycles. The summed E-state index contributed by atoms with van der Waals surface area (Å²) in [6, 6.07) is 35.0. The second-order valence-corrected chi connectivity index (χ2v) is 6.29. The van der Waals surface area contributed by atoms with Crippen molar-refractivity contribution in [3.05, 3.63) is 97.1 Å². The molecular weight excluding hydrogens is 288 g/mol. The van der Waals surface area contributed by atoms with Crippen molar-refractivity contribution in [1.29, 1.82) is 0 Å². The van der Waals surface area contributed by atoms with E-state index in [0.717, 1.165) is 0 Å². The smallest absolute Gasteiger partial charge is 0.0105 e. The van der Waals surface area contributed by atoms with Crippen molar-refractivity contribution < 1.29 is 0 Å². The van der Waals surface area contributed by atoms with E-state index in [1.807, 2.05) is 0 Å². The van der Waals surface area contributed by atoms with Crippen molar-refractivity contribution in [2.75, 3.05) is 0 Å². The number of benzene rings is 5. The summed E-state index contributed by atoms with van der Waals surface area (Å²) < 4.78 is 0. The molecule has 0 aliphatic heterocycles. The first-order valence-electron chi connectivity index (χ1n) is 8.29. The topological polar surface area (TPSA) is 0 Å². The number of rotatable bonds is 1. The van der Waals surface area contributed by atoms with Crippen LogP contribution in [0.1, 0.15) is 0 Å². The Labute approximate surface area is 141 Å². The number of hydrogen-bond acceptors (Lipinski definition) is 0. The van der Waals surface area contributed by atoms with Gasteiger partial charge in [0, 0.05) is 0 Å². The van der Waals surface area contributed by atoms with Crippen LogP contribution in [0, 0.1) is 0 Å². The van der Waals surface area contributed by atoms with Gasteiger partial charge in [-0.1, -0.05) is 78.9 Å². The molecule has 0 aliphatic rings. The van der Waals surface area contributed by atoms with E-state index in [0.29, 0.717) is 0 Å². The average Bonchev–Trinajstić information content (AvgIpc) is 2.65. The van der Waals surface area contributed by atoms with Crippen molar-refractivity contribution in [2.24, 2.45) is 0 Å². The van der Waals surface area contributed by atoms with E-state index < -0.39 is 0 Å². The first-order valence-corrected chi connectivity index (χ1v) is 8.29. The summed E-state index contributed by atoms with van der Waals surface area (Å²) in [5.74, 6) is 0. The molecule has 0 fully saturated rings. The minimum atomic E-state index is 1.27. The Morgan fingerprint density at radius 3 is 1.83 bits per heavy atom. The highest BCUT2D eigenvalue weighted by molar-refractivity contribution is 6.02. The lowest BCUT2D eigenvalue weighted by molar-refractivity contribution is 1.68. The third-order valence-electron chi connectivity index (χ3n) is 4.81. The van der Waals surface area contributed by atoms with Crippen LogP contribution in [0.25, 0.3) is 43.4 Å². The van der Waals surface area contributed by atoms with Crippen LogP contribution in [0.2, 0.25) is 0 Å². The molecule has 0 heteroatoms. The summed E-state index contributed by atoms with van der Waals surface area (Å²) in [4.78, 5) is 0. The van der Waals surface area contributed by atoms with Crippen molar-refractivity contribution in [1.82, 2.24) is 0 Å². The molecule has 5 rings (SSSR count). The summed E-state index contributed by atoms with van der Waals surface area (Å²) in [5, 5.41) is 7.76. The van der Waals surface area contributed by atoms with Gasteiger partial charge in [-0.3, -0.25) is 0 Å². The predicted octanol–water partition coefficient (Wildman–Crippen LogP) is 6.81. The van der Waals surface area contributed by atoms with Crippen LogP contribution in [0.3, 0.4) is 0 Å². The van der Waals surface area contributed by atoms with Gasteiger partial charge in [0.1, 0.15) is 0 Å². The Morgan fingerprint density at radius 2 is 1.00 bits per heavy atom. The molecule has 0 aromatic heterocycles. The van der Waals surface area contributed by atoms with E-state index in [1.54, 1.807) is 0 Å². The van der Waals surface area contributed by atoms with Gasteiger partial charge in [-0.15, -0.1) is 0 Å². The lowest BCUT2D eigenvalue weighted by Gasteiger charge is -2.09. The second-order valence-electron chi connectivity index (χ2n) is 6.29. The molecular formula is C24H16. The molecule has 24 heavy (non-hydrogen) atoms. The average molecular weight is 304 g/mol. The van der Waals surface area contributed by atoms with E-state index in [9.17, 15) is 0 Å². The zero-order valence-corrected chi connectivity index (χ0v) is 13.2. The van der Waals surface area contributed by atoms with Crippen molar-refractivity contribution >= 4 is 32.3 Å². The SMILES string of the molecule is c1ccc2cc3cc(-c4cccc5ccccc45)ccc3cc2c1. The van der Waals surface area contributed by atoms with Crippen LogP contribution < -0.4 is 0 Å². The summed E-state index contributed by atoms with van der Waals surface area (Å²) in [5.41, 5.74) is 2.57. The van der Waals surface area contributed by atoms with Gasteiger partial charge < -0.3 is 0 Å². The fourth-order valence-electron chi connectivity index (χ4n) is 3.58. The zero-order chi connectivity index (χ0) is 15.9. The molecule has 0 nitrogen and oxygen atoms in total. The van der Waals surface area contributed by atoms with Crippen LogP contribution in [0.5, 0.6) is 0 Å². The maximum atomic E-state index is 2.31. The van der Waals surface area contributed by atoms with Gasteiger partial charge >= 0.3 is 0 Å². The quantitative estimate of drug-likeness (QED) is 0.298. The molecule has 5 aromatic rings. The van der Waals surface area contributed by atoms with Crippen molar-refractivity contribution in [2.45, 2.75) is 0 Å². The molecule has 0 bridgehead atoms. The molecule has 0 saturated heterocycles. The summed E-state index contributed by atoms with van der Waals surface area (Å²) >= 11 is 0. The minimum Gasteiger partial charge on any atom is -0.0616 e. The van der Waals surface area contributed by atoms with E-state index in [1.165, 1.54) is 43.4 Å². The van der Waals surface area contributed by atoms with E-state index in [2.05, 4.69) is 97.1 Å². The molecule has 0 radical (unpaired) electrons. The van der Waals surface area contributed by atoms with Gasteiger partial charge in [-0.25, -0.2) is 0 Å². The summed E-state index contributed by atoms with van der Waals surface area (Å²) in [7, 11) is 0. The van der Waals surface area contributed by atoms with E-state index in [4.69, 9.17) is 0 Å². The van der Waals surface area contributed by atoms with Gasteiger partial charge in [0.15, 0.2) is 0 Å². The Balaban J connectivity index is 1.78. The molecule has 0 unspecified atom stereocenters. The van der Waals surface area contributed by atoms with Crippen LogP contribution in [-0.2, 0) is 0 Å². The maximum absolute atomic E-state index is 2.31. The standard InChI is InChI=1S/C24H16/c1-2-8-19-15-22-16-21(13-12-20(22)14-18(19)7-1)24-11-5-9-17-6-3-4-10-23(17)24/h1-16H. The molecule has 0 aliphatic carbocycles. The lowest BCUT2D eigenvalue weighted by Crippen LogP contribution is -1.83.